The van der Waals surface area contributed by atoms with Crippen molar-refractivity contribution in [3.8, 4) is 47.4 Å². The Balaban J connectivity index is 0.000000172. The van der Waals surface area contributed by atoms with E-state index in [2.05, 4.69) is 436 Å². The fourth-order valence-electron chi connectivity index (χ4n) is 15.9. The van der Waals surface area contributed by atoms with E-state index in [0.717, 1.165) is 89.0 Å². The van der Waals surface area contributed by atoms with E-state index in [1.54, 1.807) is 49.6 Å². The molecule has 0 saturated heterocycles. The zero-order valence-electron chi connectivity index (χ0n) is 76.6. The van der Waals surface area contributed by atoms with Crippen LogP contribution < -0.4 is 0 Å². The van der Waals surface area contributed by atoms with Crippen LogP contribution >= 0.6 is 0 Å². The van der Waals surface area contributed by atoms with E-state index < -0.39 is 36.2 Å². The molecule has 4 aromatic heterocycles. The van der Waals surface area contributed by atoms with Gasteiger partial charge in [0.1, 0.15) is 21.7 Å². The standard InChI is InChI=1S/4C26H19N.2C9H12.2BF4.Pd/c4*1-4-12-23(13-5-1)26(24-14-6-2-7-15-24,25-16-8-3-9-17-25)19-18-22-11-10-20-27-21-22;2*1-7-4-8(2)6-9(3)5-7;2*2-1(3,4)5;/h4*1-17,20-21H;2*4-6H,1-3H3;;;/q;;;;;;2*-1;+2. The van der Waals surface area contributed by atoms with Gasteiger partial charge in [0.2, 0.25) is 0 Å². The third kappa shape index (κ3) is 31.1. The van der Waals surface area contributed by atoms with Gasteiger partial charge >= 0.3 is 34.9 Å². The first kappa shape index (κ1) is 103. The van der Waals surface area contributed by atoms with Crippen molar-refractivity contribution in [2.45, 2.75) is 63.2 Å². The van der Waals surface area contributed by atoms with Gasteiger partial charge in [0.15, 0.2) is 0 Å². The van der Waals surface area contributed by atoms with Crippen LogP contribution in [-0.2, 0) is 42.1 Å². The molecule has 0 fully saturated rings. The van der Waals surface area contributed by atoms with E-state index in [1.807, 2.05) is 121 Å². The second kappa shape index (κ2) is 52.6. The largest absolute Gasteiger partial charge is 2.00 e. The molecular formula is C122H100B2F8N4Pd. The van der Waals surface area contributed by atoms with Crippen molar-refractivity contribution < 1.29 is 54.9 Å². The maximum atomic E-state index is 9.75. The number of halogens is 8. The monoisotopic (exact) mass is 1900 g/mol. The molecule has 4 nitrogen and oxygen atoms in total. The molecule has 15 heteroatoms. The second-order valence-corrected chi connectivity index (χ2v) is 31.7. The third-order valence-corrected chi connectivity index (χ3v) is 21.4. The van der Waals surface area contributed by atoms with Gasteiger partial charge in [0.05, 0.1) is 0 Å². The van der Waals surface area contributed by atoms with Crippen LogP contribution in [0.5, 0.6) is 0 Å². The van der Waals surface area contributed by atoms with Gasteiger partial charge in [-0.1, -0.05) is 481 Å². The minimum Gasteiger partial charge on any atom is -0.418 e. The van der Waals surface area contributed by atoms with E-state index in [9.17, 15) is 34.5 Å². The molecule has 680 valence electrons. The van der Waals surface area contributed by atoms with E-state index >= 15 is 0 Å². The number of nitrogens with zero attached hydrogens (tertiary/aromatic N) is 4. The summed E-state index contributed by atoms with van der Waals surface area (Å²) in [7, 11) is -12.0. The number of pyridine rings is 4. The van der Waals surface area contributed by atoms with Gasteiger partial charge in [0, 0.05) is 71.8 Å². The molecule has 0 aliphatic rings. The molecule has 0 saturated carbocycles. The van der Waals surface area contributed by atoms with Gasteiger partial charge < -0.3 is 34.5 Å². The smallest absolute Gasteiger partial charge is 0.418 e. The van der Waals surface area contributed by atoms with Crippen LogP contribution in [0.25, 0.3) is 0 Å². The first-order valence-corrected chi connectivity index (χ1v) is 44.2. The van der Waals surface area contributed by atoms with Crippen LogP contribution in [0.3, 0.4) is 0 Å². The summed E-state index contributed by atoms with van der Waals surface area (Å²) in [6.45, 7) is 12.8. The molecule has 0 amide bonds. The number of hydrogen-bond donors (Lipinski definition) is 0. The zero-order valence-corrected chi connectivity index (χ0v) is 78.2. The molecule has 14 aromatic carbocycles. The van der Waals surface area contributed by atoms with Crippen molar-refractivity contribution in [2.24, 2.45) is 0 Å². The summed E-state index contributed by atoms with van der Waals surface area (Å²) in [5.41, 5.74) is 23.3. The van der Waals surface area contributed by atoms with Crippen LogP contribution in [0.1, 0.15) is 122 Å². The van der Waals surface area contributed by atoms with E-state index in [0.29, 0.717) is 0 Å². The normalized spacial score (nSPS) is 10.6. The molecule has 0 radical (unpaired) electrons. The molecule has 0 unspecified atom stereocenters. The fraction of sp³-hybridized carbons (Fsp3) is 0.0820. The number of hydrogen-bond acceptors (Lipinski definition) is 4. The Morgan fingerprint density at radius 2 is 0.285 bits per heavy atom. The van der Waals surface area contributed by atoms with Crippen molar-refractivity contribution in [3.63, 3.8) is 0 Å². The summed E-state index contributed by atoms with van der Waals surface area (Å²) >= 11 is 0. The number of benzene rings is 14. The fourth-order valence-corrected chi connectivity index (χ4v) is 15.9. The molecule has 18 rings (SSSR count). The minimum atomic E-state index is -6.00. The molecule has 4 heterocycles. The second-order valence-electron chi connectivity index (χ2n) is 31.7. The molecule has 0 N–H and O–H groups in total. The predicted octanol–water partition coefficient (Wildman–Crippen LogP) is 29.7. The van der Waals surface area contributed by atoms with E-state index in [1.165, 1.54) is 33.4 Å². The average molecular weight is 1900 g/mol. The Bertz CT molecular complexity index is 5580. The van der Waals surface area contributed by atoms with Crippen molar-refractivity contribution >= 4 is 14.5 Å². The van der Waals surface area contributed by atoms with Gasteiger partial charge in [-0.15, -0.1) is 0 Å². The maximum absolute atomic E-state index is 9.75. The zero-order chi connectivity index (χ0) is 96.2. The topological polar surface area (TPSA) is 51.6 Å². The first-order valence-electron chi connectivity index (χ1n) is 44.2. The molecule has 0 aliphatic carbocycles. The SMILES string of the molecule is C(#CC(c1ccccc1)(c1ccccc1)c1ccccc1)c1cccnc1.C(#CC(c1ccccc1)(c1ccccc1)c1ccccc1)c1cccnc1.C(#CC(c1ccccc1)(c1ccccc1)c1ccccc1)c1cccnc1.C(#CC(c1ccccc1)(c1ccccc1)c1ccccc1)c1cccnc1.Cc1cc(C)cc(C)c1.Cc1cc(C)cc(C)c1.F[B-](F)(F)F.F[B-](F)(F)F.[Pd+2]. The molecule has 18 aromatic rings. The third-order valence-electron chi connectivity index (χ3n) is 21.4. The van der Waals surface area contributed by atoms with Crippen molar-refractivity contribution in [3.05, 3.63) is 621 Å². The molecule has 0 bridgehead atoms. The van der Waals surface area contributed by atoms with Crippen LogP contribution in [0.15, 0.2) is 498 Å². The van der Waals surface area contributed by atoms with Crippen LogP contribution in [0.2, 0.25) is 0 Å². The quantitative estimate of drug-likeness (QED) is 0.0529. The van der Waals surface area contributed by atoms with Crippen LogP contribution in [-0.4, -0.2) is 34.4 Å². The summed E-state index contributed by atoms with van der Waals surface area (Å²) in [6.07, 6.45) is 14.3. The summed E-state index contributed by atoms with van der Waals surface area (Å²) in [6, 6.07) is 155. The number of rotatable bonds is 12. The number of aryl methyl sites for hydroxylation is 6. The Labute approximate surface area is 815 Å². The van der Waals surface area contributed by atoms with Gasteiger partial charge in [-0.2, -0.15) is 0 Å². The summed E-state index contributed by atoms with van der Waals surface area (Å²) in [5.74, 6) is 27.9. The molecular weight excluding hydrogens is 1800 g/mol. The molecule has 0 spiro atoms. The van der Waals surface area contributed by atoms with Crippen LogP contribution in [0.4, 0.5) is 34.5 Å². The maximum Gasteiger partial charge on any atom is 2.00 e. The Morgan fingerprint density at radius 3 is 0.380 bits per heavy atom. The summed E-state index contributed by atoms with van der Waals surface area (Å²) in [4.78, 5) is 16.8. The predicted molar refractivity (Wildman–Crippen MR) is 543 cm³/mol. The first-order chi connectivity index (χ1) is 65.9. The molecule has 0 aliphatic heterocycles. The van der Waals surface area contributed by atoms with E-state index in [4.69, 9.17) is 0 Å². The Hall–Kier alpha value is -15.8. The molecule has 137 heavy (non-hydrogen) atoms. The summed E-state index contributed by atoms with van der Waals surface area (Å²) < 4.78 is 78.0. The van der Waals surface area contributed by atoms with Crippen LogP contribution in [0, 0.1) is 88.9 Å². The average Bonchev–Trinajstić information content (AvgIpc) is 0.771. The van der Waals surface area contributed by atoms with Gasteiger partial charge in [-0.25, -0.2) is 0 Å². The van der Waals surface area contributed by atoms with Gasteiger partial charge in [-0.05, 0) is 157 Å². The summed E-state index contributed by atoms with van der Waals surface area (Å²) in [5, 5.41) is 0. The van der Waals surface area contributed by atoms with Crippen molar-refractivity contribution in [1.82, 2.24) is 19.9 Å². The van der Waals surface area contributed by atoms with Gasteiger partial charge in [-0.3, -0.25) is 19.9 Å². The van der Waals surface area contributed by atoms with Crippen molar-refractivity contribution in [2.75, 3.05) is 0 Å². The number of aromatic nitrogens is 4. The minimum absolute atomic E-state index is 0. The Morgan fingerprint density at radius 1 is 0.175 bits per heavy atom. The molecule has 0 atom stereocenters. The Kier molecular flexibility index (Phi) is 39.6. The van der Waals surface area contributed by atoms with Crippen molar-refractivity contribution in [1.29, 1.82) is 0 Å². The van der Waals surface area contributed by atoms with E-state index in [-0.39, 0.29) is 20.4 Å². The van der Waals surface area contributed by atoms with Gasteiger partial charge in [0.25, 0.3) is 0 Å².